The summed E-state index contributed by atoms with van der Waals surface area (Å²) >= 11 is 0. The molecule has 0 unspecified atom stereocenters. The molecule has 462 valence electrons. The number of aryl methyl sites for hydroxylation is 3. The number of aliphatic imine (C=N–C) groups is 1. The van der Waals surface area contributed by atoms with Crippen LogP contribution in [0.4, 0.5) is 22.7 Å². The van der Waals surface area contributed by atoms with Gasteiger partial charge in [0.1, 0.15) is 23.0 Å². The molecular weight excluding hydrogens is 1210 g/mol. The summed E-state index contributed by atoms with van der Waals surface area (Å²) in [6.07, 6.45) is 0. The molecule has 16 nitrogen and oxygen atoms in total. The van der Waals surface area contributed by atoms with E-state index in [1.54, 1.807) is 71.9 Å². The van der Waals surface area contributed by atoms with Crippen LogP contribution in [0.5, 0.6) is 11.5 Å². The summed E-state index contributed by atoms with van der Waals surface area (Å²) in [6, 6.07) is 61.3. The van der Waals surface area contributed by atoms with Gasteiger partial charge in [0.15, 0.2) is 0 Å². The maximum Gasteiger partial charge on any atom is 0.336 e. The van der Waals surface area contributed by atoms with Crippen LogP contribution >= 0.6 is 8.34 Å². The molecule has 19 heteroatoms. The lowest BCUT2D eigenvalue weighted by atomic mass is 9.87. The number of ether oxygens (including phenoxy) is 2. The average molecular weight is 1260 g/mol. The summed E-state index contributed by atoms with van der Waals surface area (Å²) in [7, 11) is 12.9. The Labute approximate surface area is 549 Å². The van der Waals surface area contributed by atoms with Gasteiger partial charge >= 0.3 is 5.97 Å². The standard InChI is InChI=1S/C40H28N4O2.C24H16O6.C12H14N4.B2HP/c1-21-11-12-23(19-22(21)2)24-13-18-33-34(20-24)44-38(42-33)30-17-15-26(28-8-6-10-32(36(28)30)40(44)46)25-14-16-29-35-27(25)7-5-9-31(35)39(45)43(4)37(29)41-3;1-14-8-9-15(17-4-2-6-19(22(14)17)24(27)28)16-10-11-21(30-13-26)23-18(16)5-3-7-20(23)29-12-25;13-9-3-1-7(5-11(9)15)8-2-4-10(14)12(16)6-8;1-3-2/h5-20H,1-4H3;2-13H,1H3,(H,27,28);1-6H,13-16H2;3H. The number of nitrogens with two attached hydrogens (primary N) is 4. The molecule has 0 atom stereocenters. The number of carbonyl (C=O) groups is 4. The Bertz CT molecular complexity index is 5540. The number of carboxylic acids is 1. The number of aromatic nitrogens is 2. The van der Waals surface area contributed by atoms with Crippen molar-refractivity contribution in [3.05, 3.63) is 238 Å². The van der Waals surface area contributed by atoms with Crippen LogP contribution in [0.1, 0.15) is 43.0 Å². The van der Waals surface area contributed by atoms with E-state index in [1.807, 2.05) is 85.8 Å². The number of aromatic carboxylic acids is 1. The van der Waals surface area contributed by atoms with Gasteiger partial charge in [0, 0.05) is 46.8 Å². The highest BCUT2D eigenvalue weighted by molar-refractivity contribution is 7.87. The molecule has 0 saturated heterocycles. The van der Waals surface area contributed by atoms with Gasteiger partial charge in [-0.2, -0.15) is 0 Å². The molecule has 2 aromatic heterocycles. The predicted octanol–water partition coefficient (Wildman–Crippen LogP) is 14.4. The van der Waals surface area contributed by atoms with Gasteiger partial charge in [-0.1, -0.05) is 115 Å². The summed E-state index contributed by atoms with van der Waals surface area (Å²) in [5.41, 5.74) is 40.1. The monoisotopic (exact) mass is 1260 g/mol. The molecule has 0 bridgehead atoms. The fourth-order valence-corrected chi connectivity index (χ4v) is 12.8. The van der Waals surface area contributed by atoms with Crippen molar-refractivity contribution in [3.8, 4) is 56.0 Å². The van der Waals surface area contributed by atoms with Crippen molar-refractivity contribution in [1.82, 2.24) is 14.3 Å². The molecule has 95 heavy (non-hydrogen) atoms. The van der Waals surface area contributed by atoms with Crippen LogP contribution in [0.2, 0.25) is 0 Å². The Morgan fingerprint density at radius 3 is 1.60 bits per heavy atom. The third-order valence-electron chi connectivity index (χ3n) is 17.4. The molecule has 9 N–H and O–H groups in total. The topological polar surface area (TPSA) is 261 Å². The lowest BCUT2D eigenvalue weighted by molar-refractivity contribution is -0.121. The lowest BCUT2D eigenvalue weighted by Crippen LogP contribution is -2.37. The highest BCUT2D eigenvalue weighted by atomic mass is 31.1. The fourth-order valence-electron chi connectivity index (χ4n) is 12.8. The van der Waals surface area contributed by atoms with E-state index in [-0.39, 0.29) is 36.9 Å². The van der Waals surface area contributed by atoms with E-state index in [0.717, 1.165) is 99.0 Å². The molecule has 1 aliphatic rings. The van der Waals surface area contributed by atoms with Crippen molar-refractivity contribution >= 4 is 147 Å². The highest BCUT2D eigenvalue weighted by Gasteiger charge is 2.30. The minimum atomic E-state index is -0.998. The Morgan fingerprint density at radius 2 is 0.989 bits per heavy atom. The van der Waals surface area contributed by atoms with E-state index in [4.69, 9.17) is 37.4 Å². The van der Waals surface area contributed by atoms with Crippen LogP contribution in [0.3, 0.4) is 0 Å². The van der Waals surface area contributed by atoms with Crippen LogP contribution < -0.4 is 38.0 Å². The first-order valence-corrected chi connectivity index (χ1v) is 31.1. The summed E-state index contributed by atoms with van der Waals surface area (Å²) in [5, 5.41) is 17.6. The number of carbonyl (C=O) groups excluding carboxylic acids is 3. The van der Waals surface area contributed by atoms with Gasteiger partial charge in [0.05, 0.1) is 59.9 Å². The zero-order valence-corrected chi connectivity index (χ0v) is 53.2. The molecule has 4 radical (unpaired) electrons. The van der Waals surface area contributed by atoms with Crippen molar-refractivity contribution < 1.29 is 33.8 Å². The zero-order valence-electron chi connectivity index (χ0n) is 52.2. The summed E-state index contributed by atoms with van der Waals surface area (Å²) in [5.74, 6) is 0.0926. The number of pyridine rings is 1. The zero-order chi connectivity index (χ0) is 67.1. The Hall–Kier alpha value is -11.9. The molecule has 3 heterocycles. The van der Waals surface area contributed by atoms with Gasteiger partial charge in [-0.25, -0.2) is 18.1 Å². The van der Waals surface area contributed by atoms with Crippen molar-refractivity contribution in [1.29, 1.82) is 0 Å². The molecule has 1 aliphatic heterocycles. The Morgan fingerprint density at radius 1 is 0.505 bits per heavy atom. The van der Waals surface area contributed by atoms with Crippen molar-refractivity contribution in [3.63, 3.8) is 0 Å². The highest BCUT2D eigenvalue weighted by Crippen LogP contribution is 2.45. The fraction of sp³-hybridized carbons (Fsp3) is 0.0658. The number of anilines is 4. The van der Waals surface area contributed by atoms with Crippen molar-refractivity contribution in [2.24, 2.45) is 4.99 Å². The Kier molecular flexibility index (Phi) is 17.3. The number of hydrogen-bond donors (Lipinski definition) is 5. The largest absolute Gasteiger partial charge is 0.478 e. The van der Waals surface area contributed by atoms with Crippen molar-refractivity contribution in [2.75, 3.05) is 37.0 Å². The van der Waals surface area contributed by atoms with Gasteiger partial charge in [0.2, 0.25) is 0 Å². The molecule has 14 aromatic rings. The SMILES string of the molecule is CN=C1c2ccc(-c3ccc4c5c3cccc5c(=O)n3c5cc(-c6ccc(C)c(C)c6)ccc5nc43)c3cccc(c23)C(=O)N1C.Cc1ccc(-c2ccc(OC=O)c3c(OC=O)cccc23)c2cccc(C(=O)O)c12.Nc1ccc(-c2ccc(N)c(N)c2)cc1N.[B]P[B]. The van der Waals surface area contributed by atoms with Gasteiger partial charge in [-0.05, 0) is 188 Å². The van der Waals surface area contributed by atoms with Crippen LogP contribution in [0.15, 0.2) is 204 Å². The minimum Gasteiger partial charge on any atom is -0.478 e. The number of amidine groups is 1. The molecule has 0 spiro atoms. The molecule has 0 saturated carbocycles. The number of fused-ring (bicyclic) bond motifs is 6. The first kappa shape index (κ1) is 63.3. The van der Waals surface area contributed by atoms with Crippen LogP contribution in [-0.4, -0.2) is 79.3 Å². The van der Waals surface area contributed by atoms with Gasteiger partial charge < -0.3 is 37.5 Å². The van der Waals surface area contributed by atoms with Gasteiger partial charge in [0.25, 0.3) is 24.4 Å². The first-order chi connectivity index (χ1) is 45.9. The van der Waals surface area contributed by atoms with E-state index in [9.17, 15) is 29.1 Å². The normalized spacial score (nSPS) is 12.2. The molecule has 15 rings (SSSR count). The molecule has 0 aliphatic carbocycles. The number of benzene rings is 12. The van der Waals surface area contributed by atoms with E-state index in [1.165, 1.54) is 11.1 Å². The summed E-state index contributed by atoms with van der Waals surface area (Å²) < 4.78 is 12.0. The number of rotatable bonds is 9. The molecular formula is C76H59B2N8O8P. The number of nitrogens with zero attached hydrogens (tertiary/aromatic N) is 4. The predicted molar refractivity (Wildman–Crippen MR) is 389 cm³/mol. The van der Waals surface area contributed by atoms with Gasteiger partial charge in [-0.15, -0.1) is 0 Å². The van der Waals surface area contributed by atoms with Crippen LogP contribution in [-0.2, 0) is 9.59 Å². The number of amides is 1. The smallest absolute Gasteiger partial charge is 0.336 e. The second-order valence-electron chi connectivity index (χ2n) is 22.8. The van der Waals surface area contributed by atoms with E-state index in [0.29, 0.717) is 74.3 Å². The molecule has 12 aromatic carbocycles. The maximum atomic E-state index is 14.3. The number of hydrogen-bond acceptors (Lipinski definition) is 13. The van der Waals surface area contributed by atoms with Crippen molar-refractivity contribution in [2.45, 2.75) is 20.8 Å². The summed E-state index contributed by atoms with van der Waals surface area (Å²) in [6.45, 7) is 6.72. The van der Waals surface area contributed by atoms with E-state index < -0.39 is 5.97 Å². The number of carboxylic acid groups (broad SMARTS) is 1. The lowest BCUT2D eigenvalue weighted by Gasteiger charge is -2.28. The van der Waals surface area contributed by atoms with E-state index >= 15 is 0 Å². The van der Waals surface area contributed by atoms with Crippen LogP contribution in [0, 0.1) is 20.8 Å². The van der Waals surface area contributed by atoms with Crippen LogP contribution in [0.25, 0.3) is 115 Å². The van der Waals surface area contributed by atoms with Gasteiger partial charge in [-0.3, -0.25) is 33.5 Å². The summed E-state index contributed by atoms with van der Waals surface area (Å²) in [4.78, 5) is 72.4. The average Bonchev–Trinajstić information content (AvgIpc) is 1.69. The molecule has 1 amide bonds. The quantitative estimate of drug-likeness (QED) is 0.0390. The number of imidazole rings is 1. The molecule has 0 fully saturated rings. The third kappa shape index (κ3) is 11.3. The third-order valence-corrected chi connectivity index (χ3v) is 17.4. The second kappa shape index (κ2) is 26.0. The minimum absolute atomic E-state index is 0.0714. The Balaban J connectivity index is 0.000000151. The van der Waals surface area contributed by atoms with E-state index in [2.05, 4.69) is 101 Å². The maximum absolute atomic E-state index is 14.3. The first-order valence-electron chi connectivity index (χ1n) is 29.9. The number of nitrogen functional groups attached to an aromatic ring is 4. The second-order valence-corrected chi connectivity index (χ2v) is 23.1.